The number of benzene rings is 1. The number of hydrogen-bond acceptors (Lipinski definition) is 4. The lowest BCUT2D eigenvalue weighted by molar-refractivity contribution is -0.138. The number of piperazine rings is 1. The third-order valence-electron chi connectivity index (χ3n) is 5.77. The number of carbonyl (C=O) groups is 3. The standard InChI is InChI=1S/C24H35N3O4/c1-17-13-18(2)15-20(14-17)22(29)27-8-6-7-19(16-27)21(28)25-9-11-26(12-10-25)23(30)31-24(3,4)5/h13-15,19H,6-12,16H2,1-5H3/t19-/m0/s1. The first-order valence-corrected chi connectivity index (χ1v) is 11.2. The van der Waals surface area contributed by atoms with Crippen LogP contribution < -0.4 is 0 Å². The van der Waals surface area contributed by atoms with E-state index in [9.17, 15) is 14.4 Å². The molecule has 31 heavy (non-hydrogen) atoms. The largest absolute Gasteiger partial charge is 0.444 e. The third kappa shape index (κ3) is 5.99. The van der Waals surface area contributed by atoms with Crippen LogP contribution >= 0.6 is 0 Å². The number of piperidine rings is 1. The number of rotatable bonds is 2. The predicted octanol–water partition coefficient (Wildman–Crippen LogP) is 3.23. The van der Waals surface area contributed by atoms with Gasteiger partial charge in [0.25, 0.3) is 5.91 Å². The van der Waals surface area contributed by atoms with Crippen LogP contribution in [0.5, 0.6) is 0 Å². The second-order valence-electron chi connectivity index (χ2n) is 9.76. The molecule has 2 heterocycles. The topological polar surface area (TPSA) is 70.2 Å². The second-order valence-corrected chi connectivity index (χ2v) is 9.76. The second kappa shape index (κ2) is 9.28. The number of carbonyl (C=O) groups excluding carboxylic acids is 3. The summed E-state index contributed by atoms with van der Waals surface area (Å²) in [5, 5.41) is 0. The average Bonchev–Trinajstić information content (AvgIpc) is 2.71. The summed E-state index contributed by atoms with van der Waals surface area (Å²) in [6.07, 6.45) is 1.29. The van der Waals surface area contributed by atoms with Gasteiger partial charge >= 0.3 is 6.09 Å². The van der Waals surface area contributed by atoms with Crippen molar-refractivity contribution in [3.8, 4) is 0 Å². The van der Waals surface area contributed by atoms with Gasteiger partial charge < -0.3 is 19.4 Å². The van der Waals surface area contributed by atoms with E-state index in [1.54, 1.807) is 4.90 Å². The van der Waals surface area contributed by atoms with E-state index in [-0.39, 0.29) is 23.8 Å². The first kappa shape index (κ1) is 23.1. The normalized spacial score (nSPS) is 19.9. The highest BCUT2D eigenvalue weighted by Crippen LogP contribution is 2.22. The van der Waals surface area contributed by atoms with Crippen molar-refractivity contribution in [2.24, 2.45) is 5.92 Å². The Hall–Kier alpha value is -2.57. The van der Waals surface area contributed by atoms with Crippen molar-refractivity contribution in [1.82, 2.24) is 14.7 Å². The van der Waals surface area contributed by atoms with Crippen molar-refractivity contribution in [3.05, 3.63) is 34.9 Å². The highest BCUT2D eigenvalue weighted by Gasteiger charge is 2.34. The van der Waals surface area contributed by atoms with Gasteiger partial charge in [0.2, 0.25) is 5.91 Å². The van der Waals surface area contributed by atoms with Gasteiger partial charge in [0.15, 0.2) is 0 Å². The quantitative estimate of drug-likeness (QED) is 0.724. The Morgan fingerprint density at radius 3 is 2.03 bits per heavy atom. The first-order valence-electron chi connectivity index (χ1n) is 11.2. The minimum absolute atomic E-state index is 0.000884. The lowest BCUT2D eigenvalue weighted by Gasteiger charge is -2.39. The van der Waals surface area contributed by atoms with Gasteiger partial charge in [-0.25, -0.2) is 4.79 Å². The van der Waals surface area contributed by atoms with Crippen LogP contribution in [-0.4, -0.2) is 77.5 Å². The molecule has 3 amide bonds. The smallest absolute Gasteiger partial charge is 0.410 e. The van der Waals surface area contributed by atoms with Gasteiger partial charge in [0, 0.05) is 44.8 Å². The Bertz CT molecular complexity index is 817. The van der Waals surface area contributed by atoms with E-state index in [2.05, 4.69) is 6.07 Å². The maximum atomic E-state index is 13.1. The summed E-state index contributed by atoms with van der Waals surface area (Å²) in [6.45, 7) is 12.6. The summed E-state index contributed by atoms with van der Waals surface area (Å²) in [6, 6.07) is 5.88. The molecule has 0 N–H and O–H groups in total. The van der Waals surface area contributed by atoms with Crippen LogP contribution in [0.1, 0.15) is 55.1 Å². The summed E-state index contributed by atoms with van der Waals surface area (Å²) in [4.78, 5) is 43.7. The fourth-order valence-corrected chi connectivity index (χ4v) is 4.34. The molecule has 0 unspecified atom stereocenters. The summed E-state index contributed by atoms with van der Waals surface area (Å²) < 4.78 is 5.43. The molecule has 2 aliphatic heterocycles. The molecule has 7 nitrogen and oxygen atoms in total. The molecule has 0 bridgehead atoms. The van der Waals surface area contributed by atoms with Crippen molar-refractivity contribution >= 4 is 17.9 Å². The van der Waals surface area contributed by atoms with E-state index in [1.165, 1.54) is 0 Å². The zero-order valence-corrected chi connectivity index (χ0v) is 19.4. The monoisotopic (exact) mass is 429 g/mol. The fourth-order valence-electron chi connectivity index (χ4n) is 4.34. The Labute approximate surface area is 185 Å². The lowest BCUT2D eigenvalue weighted by atomic mass is 9.95. The van der Waals surface area contributed by atoms with E-state index in [0.717, 1.165) is 24.0 Å². The Kier molecular flexibility index (Phi) is 6.92. The van der Waals surface area contributed by atoms with Crippen molar-refractivity contribution in [3.63, 3.8) is 0 Å². The van der Waals surface area contributed by atoms with E-state index in [0.29, 0.717) is 44.8 Å². The molecule has 0 radical (unpaired) electrons. The van der Waals surface area contributed by atoms with Crippen LogP contribution in [0.25, 0.3) is 0 Å². The zero-order chi connectivity index (χ0) is 22.8. The van der Waals surface area contributed by atoms with Crippen LogP contribution in [-0.2, 0) is 9.53 Å². The first-order chi connectivity index (χ1) is 14.5. The Balaban J connectivity index is 1.56. The van der Waals surface area contributed by atoms with E-state index in [4.69, 9.17) is 4.74 Å². The van der Waals surface area contributed by atoms with Gasteiger partial charge in [-0.3, -0.25) is 9.59 Å². The van der Waals surface area contributed by atoms with Crippen LogP contribution in [0.4, 0.5) is 4.79 Å². The molecule has 170 valence electrons. The number of aryl methyl sites for hydroxylation is 2. The van der Waals surface area contributed by atoms with Crippen molar-refractivity contribution in [2.75, 3.05) is 39.3 Å². The molecular formula is C24H35N3O4. The van der Waals surface area contributed by atoms with Crippen LogP contribution in [0.15, 0.2) is 18.2 Å². The fraction of sp³-hybridized carbons (Fsp3) is 0.625. The Morgan fingerprint density at radius 1 is 0.871 bits per heavy atom. The predicted molar refractivity (Wildman–Crippen MR) is 119 cm³/mol. The molecule has 3 rings (SSSR count). The highest BCUT2D eigenvalue weighted by molar-refractivity contribution is 5.95. The van der Waals surface area contributed by atoms with Gasteiger partial charge in [-0.15, -0.1) is 0 Å². The SMILES string of the molecule is Cc1cc(C)cc(C(=O)N2CCC[C@H](C(=O)N3CCN(C(=O)OC(C)(C)C)CC3)C2)c1. The van der Waals surface area contributed by atoms with E-state index >= 15 is 0 Å². The summed E-state index contributed by atoms with van der Waals surface area (Å²) in [7, 11) is 0. The van der Waals surface area contributed by atoms with Crippen LogP contribution in [0, 0.1) is 19.8 Å². The van der Waals surface area contributed by atoms with Gasteiger partial charge in [-0.1, -0.05) is 17.2 Å². The van der Waals surface area contributed by atoms with Gasteiger partial charge in [0.05, 0.1) is 5.92 Å². The van der Waals surface area contributed by atoms with Crippen LogP contribution in [0.3, 0.4) is 0 Å². The molecule has 0 aliphatic carbocycles. The molecule has 2 fully saturated rings. The molecule has 0 saturated carbocycles. The minimum Gasteiger partial charge on any atom is -0.444 e. The lowest BCUT2D eigenvalue weighted by Crippen LogP contribution is -2.54. The summed E-state index contributed by atoms with van der Waals surface area (Å²) in [5.74, 6) is -0.0995. The molecule has 7 heteroatoms. The average molecular weight is 430 g/mol. The number of nitrogens with zero attached hydrogens (tertiary/aromatic N) is 3. The summed E-state index contributed by atoms with van der Waals surface area (Å²) >= 11 is 0. The number of likely N-dealkylation sites (tertiary alicyclic amines) is 1. The van der Waals surface area contributed by atoms with Crippen molar-refractivity contribution in [2.45, 2.75) is 53.1 Å². The molecule has 1 aromatic carbocycles. The number of amides is 3. The summed E-state index contributed by atoms with van der Waals surface area (Å²) in [5.41, 5.74) is 2.29. The Morgan fingerprint density at radius 2 is 1.45 bits per heavy atom. The number of hydrogen-bond donors (Lipinski definition) is 0. The zero-order valence-electron chi connectivity index (χ0n) is 19.4. The molecule has 0 aromatic heterocycles. The molecule has 0 spiro atoms. The molecule has 1 aromatic rings. The maximum Gasteiger partial charge on any atom is 0.410 e. The minimum atomic E-state index is -0.530. The van der Waals surface area contributed by atoms with E-state index in [1.807, 2.05) is 56.6 Å². The molecule has 1 atom stereocenters. The van der Waals surface area contributed by atoms with Crippen molar-refractivity contribution in [1.29, 1.82) is 0 Å². The van der Waals surface area contributed by atoms with Gasteiger partial charge in [0.1, 0.15) is 5.60 Å². The maximum absolute atomic E-state index is 13.1. The van der Waals surface area contributed by atoms with E-state index < -0.39 is 5.60 Å². The van der Waals surface area contributed by atoms with Crippen molar-refractivity contribution < 1.29 is 19.1 Å². The van der Waals surface area contributed by atoms with Crippen LogP contribution in [0.2, 0.25) is 0 Å². The molecule has 2 saturated heterocycles. The third-order valence-corrected chi connectivity index (χ3v) is 5.77. The number of ether oxygens (including phenoxy) is 1. The highest BCUT2D eigenvalue weighted by atomic mass is 16.6. The van der Waals surface area contributed by atoms with Gasteiger partial charge in [-0.05, 0) is 59.6 Å². The molecule has 2 aliphatic rings. The van der Waals surface area contributed by atoms with Gasteiger partial charge in [-0.2, -0.15) is 0 Å². The molecular weight excluding hydrogens is 394 g/mol.